The summed E-state index contributed by atoms with van der Waals surface area (Å²) in [5.41, 5.74) is 25.6. The molecule has 0 bridgehead atoms. The average Bonchev–Trinajstić information content (AvgIpc) is 2.97. The first-order valence-electron chi connectivity index (χ1n) is 17.8. The molecule has 0 N–H and O–H groups in total. The van der Waals surface area contributed by atoms with E-state index >= 15 is 0 Å². The van der Waals surface area contributed by atoms with Crippen molar-refractivity contribution in [1.29, 1.82) is 0 Å². The van der Waals surface area contributed by atoms with E-state index in [1.165, 1.54) is 118 Å². The molecule has 6 aromatic carbocycles. The molecule has 0 aliphatic rings. The van der Waals surface area contributed by atoms with Gasteiger partial charge in [-0.3, -0.25) is 0 Å². The number of aryl methyl sites for hydroxylation is 12. The summed E-state index contributed by atoms with van der Waals surface area (Å²) in [7, 11) is 0. The van der Waals surface area contributed by atoms with Crippen LogP contribution in [0.15, 0.2) is 72.8 Å². The summed E-state index contributed by atoms with van der Waals surface area (Å²) in [6.45, 7) is 26.8. The summed E-state index contributed by atoms with van der Waals surface area (Å²) >= 11 is 12.7. The Kier molecular flexibility index (Phi) is 10.7. The van der Waals surface area contributed by atoms with Crippen molar-refractivity contribution < 1.29 is 0 Å². The van der Waals surface area contributed by atoms with E-state index in [-0.39, 0.29) is 0 Å². The zero-order valence-electron chi connectivity index (χ0n) is 32.2. The number of hydrogen-bond acceptors (Lipinski definition) is 0. The van der Waals surface area contributed by atoms with Crippen LogP contribution in [0.1, 0.15) is 66.8 Å². The van der Waals surface area contributed by atoms with Crippen LogP contribution in [0.5, 0.6) is 0 Å². The number of rotatable bonds is 6. The van der Waals surface area contributed by atoms with Gasteiger partial charge in [-0.05, 0) is 0 Å². The Hall–Kier alpha value is -3.30. The fourth-order valence-electron chi connectivity index (χ4n) is 8.82. The molecule has 6 aromatic rings. The van der Waals surface area contributed by atoms with Crippen LogP contribution in [0.4, 0.5) is 0 Å². The van der Waals surface area contributed by atoms with Gasteiger partial charge in [0.15, 0.2) is 0 Å². The van der Waals surface area contributed by atoms with Gasteiger partial charge < -0.3 is 0 Å². The van der Waals surface area contributed by atoms with Crippen molar-refractivity contribution in [1.82, 2.24) is 0 Å². The molecular weight excluding hydrogens is 766 g/mol. The molecule has 0 atom stereocenters. The molecule has 6 rings (SSSR count). The van der Waals surface area contributed by atoms with E-state index < -0.39 is 21.1 Å². The van der Waals surface area contributed by atoms with Crippen LogP contribution < -0.4 is 7.16 Å². The van der Waals surface area contributed by atoms with Crippen LogP contribution in [-0.2, 0) is 0 Å². The molecule has 0 nitrogen and oxygen atoms in total. The van der Waals surface area contributed by atoms with Crippen LogP contribution in [-0.4, -0.2) is 21.1 Å². The van der Waals surface area contributed by atoms with Gasteiger partial charge in [0, 0.05) is 0 Å². The van der Waals surface area contributed by atoms with E-state index in [1.54, 1.807) is 0 Å². The second kappa shape index (κ2) is 14.6. The molecule has 0 saturated carbocycles. The third-order valence-electron chi connectivity index (χ3n) is 10.2. The van der Waals surface area contributed by atoms with Gasteiger partial charge in [-0.1, -0.05) is 0 Å². The summed E-state index contributed by atoms with van der Waals surface area (Å²) in [5, 5.41) is 1.54. The van der Waals surface area contributed by atoms with E-state index in [4.69, 9.17) is 23.2 Å². The summed E-state index contributed by atoms with van der Waals surface area (Å²) in [5.74, 6) is 0. The predicted molar refractivity (Wildman–Crippen MR) is 227 cm³/mol. The van der Waals surface area contributed by atoms with Crippen molar-refractivity contribution in [2.45, 2.75) is 83.1 Å². The second-order valence-corrected chi connectivity index (χ2v) is 19.4. The Morgan fingerprint density at radius 1 is 0.294 bits per heavy atom. The van der Waals surface area contributed by atoms with E-state index in [9.17, 15) is 0 Å². The number of halogens is 2. The monoisotopic (exact) mass is 814 g/mol. The Labute approximate surface area is 326 Å². The van der Waals surface area contributed by atoms with E-state index in [2.05, 4.69) is 156 Å². The predicted octanol–water partition coefficient (Wildman–Crippen LogP) is 13.0. The average molecular weight is 815 g/mol. The van der Waals surface area contributed by atoms with E-state index in [0.717, 1.165) is 10.0 Å². The van der Waals surface area contributed by atoms with Crippen molar-refractivity contribution in [2.24, 2.45) is 0 Å². The molecule has 0 spiro atoms. The van der Waals surface area contributed by atoms with Crippen LogP contribution in [0.2, 0.25) is 10.0 Å². The van der Waals surface area contributed by atoms with Crippen molar-refractivity contribution >= 4 is 51.5 Å². The van der Waals surface area contributed by atoms with Gasteiger partial charge in [0.1, 0.15) is 0 Å². The molecule has 0 unspecified atom stereocenters. The Balaban J connectivity index is 1.81. The Morgan fingerprint density at radius 3 is 0.647 bits per heavy atom. The summed E-state index contributed by atoms with van der Waals surface area (Å²) in [6, 6.07) is 27.5. The van der Waals surface area contributed by atoms with Gasteiger partial charge in [-0.15, -0.1) is 0 Å². The van der Waals surface area contributed by atoms with Gasteiger partial charge >= 0.3 is 329 Å². The first kappa shape index (κ1) is 37.5. The summed E-state index contributed by atoms with van der Waals surface area (Å²) in [6.07, 6.45) is 0. The molecule has 0 saturated heterocycles. The summed E-state index contributed by atoms with van der Waals surface area (Å²) in [4.78, 5) is 0. The number of benzene rings is 6. The number of hydrogen-bond donors (Lipinski definition) is 0. The maximum atomic E-state index is 7.19. The third kappa shape index (κ3) is 7.35. The van der Waals surface area contributed by atoms with E-state index in [0.29, 0.717) is 0 Å². The van der Waals surface area contributed by atoms with E-state index in [1.807, 2.05) is 0 Å². The molecule has 258 valence electrons. The van der Waals surface area contributed by atoms with Crippen molar-refractivity contribution in [3.8, 4) is 44.5 Å². The molecule has 51 heavy (non-hydrogen) atoms. The molecule has 0 aliphatic carbocycles. The van der Waals surface area contributed by atoms with Gasteiger partial charge in [0.25, 0.3) is 0 Å². The maximum absolute atomic E-state index is 7.19. The van der Waals surface area contributed by atoms with Crippen LogP contribution in [0, 0.1) is 83.1 Å². The quantitative estimate of drug-likeness (QED) is 0.147. The normalized spacial score (nSPS) is 11.4. The van der Waals surface area contributed by atoms with Gasteiger partial charge in [0.2, 0.25) is 0 Å². The van der Waals surface area contributed by atoms with Gasteiger partial charge in [-0.2, -0.15) is 0 Å². The molecular formula is C48H48Cl2Sn. The van der Waals surface area contributed by atoms with Crippen LogP contribution in [0.3, 0.4) is 0 Å². The Morgan fingerprint density at radius 2 is 0.471 bits per heavy atom. The Bertz CT molecular complexity index is 1960. The minimum absolute atomic E-state index is 0.772. The summed E-state index contributed by atoms with van der Waals surface area (Å²) < 4.78 is 2.89. The molecule has 0 aliphatic heterocycles. The molecule has 3 heteroatoms. The first-order valence-corrected chi connectivity index (χ1v) is 21.4. The standard InChI is InChI=1S/2C24H24Cl.Sn/c2*1-14-7-16(3)23(17(4)8-14)20-11-21(13-22(25)12-20)24-18(5)9-15(2)10-19(24)6;/h2*7-10,12-13H,1-6H3;. The molecule has 0 heterocycles. The third-order valence-corrected chi connectivity index (χ3v) is 15.2. The van der Waals surface area contributed by atoms with Gasteiger partial charge in [-0.25, -0.2) is 0 Å². The second-order valence-electron chi connectivity index (χ2n) is 15.0. The fourth-order valence-corrected chi connectivity index (χ4v) is 13.8. The fraction of sp³-hybridized carbons (Fsp3) is 0.250. The van der Waals surface area contributed by atoms with Crippen LogP contribution >= 0.6 is 23.2 Å². The zero-order valence-corrected chi connectivity index (χ0v) is 36.6. The van der Waals surface area contributed by atoms with Crippen LogP contribution in [0.25, 0.3) is 44.5 Å². The SMILES string of the molecule is Cc1cc(C)c(-c2cc(Cl)cc(-c3c(C)cc(C)cc3C)[c]2[Sn][c]2c(-c3c(C)cc(C)cc3C)cc(Cl)cc2-c2c(C)cc(C)cc2C)c(C)c1. The zero-order chi connectivity index (χ0) is 37.0. The van der Waals surface area contributed by atoms with Crippen molar-refractivity contribution in [2.75, 3.05) is 0 Å². The molecule has 0 aromatic heterocycles. The van der Waals surface area contributed by atoms with Gasteiger partial charge in [0.05, 0.1) is 0 Å². The molecule has 0 amide bonds. The minimum atomic E-state index is -1.68. The first-order chi connectivity index (χ1) is 24.0. The van der Waals surface area contributed by atoms with Crippen molar-refractivity contribution in [3.05, 3.63) is 150 Å². The molecule has 0 fully saturated rings. The van der Waals surface area contributed by atoms with Crippen molar-refractivity contribution in [3.63, 3.8) is 0 Å². The topological polar surface area (TPSA) is 0 Å². The molecule has 2 radical (unpaired) electrons.